The molecule has 132 valence electrons. The molecule has 5 heteroatoms. The van der Waals surface area contributed by atoms with Crippen molar-refractivity contribution in [2.75, 3.05) is 26.2 Å². The second-order valence-electron chi connectivity index (χ2n) is 7.65. The maximum Gasteiger partial charge on any atom is 0.223 e. The topological polar surface area (TPSA) is 65.4 Å². The quantitative estimate of drug-likeness (QED) is 0.890. The third-order valence-corrected chi connectivity index (χ3v) is 5.77. The molecule has 0 spiro atoms. The zero-order valence-corrected chi connectivity index (χ0v) is 14.5. The van der Waals surface area contributed by atoms with E-state index in [1.807, 2.05) is 18.2 Å². The first-order valence-electron chi connectivity index (χ1n) is 9.33. The molecule has 4 rings (SSSR count). The molecule has 1 saturated carbocycles. The van der Waals surface area contributed by atoms with Crippen LogP contribution in [0.25, 0.3) is 0 Å². The minimum Gasteiger partial charge on any atom is -0.376 e. The number of hydrogen-bond donors (Lipinski definition) is 1. The zero-order valence-electron chi connectivity index (χ0n) is 14.5. The van der Waals surface area contributed by atoms with Gasteiger partial charge in [0.1, 0.15) is 0 Å². The first kappa shape index (κ1) is 16.6. The van der Waals surface area contributed by atoms with Crippen molar-refractivity contribution < 1.29 is 9.53 Å². The first-order chi connectivity index (χ1) is 12.2. The number of likely N-dealkylation sites (tertiary alicyclic amines) is 1. The Labute approximate surface area is 149 Å². The van der Waals surface area contributed by atoms with Gasteiger partial charge in [-0.2, -0.15) is 5.26 Å². The predicted octanol–water partition coefficient (Wildman–Crippen LogP) is 1.92. The average Bonchev–Trinajstić information content (AvgIpc) is 3.41. The van der Waals surface area contributed by atoms with Crippen molar-refractivity contribution in [3.8, 4) is 6.07 Å². The average molecular weight is 339 g/mol. The summed E-state index contributed by atoms with van der Waals surface area (Å²) >= 11 is 0. The molecule has 0 radical (unpaired) electrons. The van der Waals surface area contributed by atoms with Crippen molar-refractivity contribution in [1.82, 2.24) is 10.2 Å². The highest BCUT2D eigenvalue weighted by Gasteiger charge is 2.41. The van der Waals surface area contributed by atoms with Crippen molar-refractivity contribution in [3.63, 3.8) is 0 Å². The summed E-state index contributed by atoms with van der Waals surface area (Å²) in [6.07, 6.45) is 3.39. The maximum atomic E-state index is 11.8. The second-order valence-corrected chi connectivity index (χ2v) is 7.65. The fourth-order valence-corrected chi connectivity index (χ4v) is 4.20. The molecule has 1 N–H and O–H groups in total. The molecule has 1 aromatic rings. The second kappa shape index (κ2) is 7.15. The smallest absolute Gasteiger partial charge is 0.223 e. The molecule has 0 bridgehead atoms. The summed E-state index contributed by atoms with van der Waals surface area (Å²) in [5.74, 6) is 1.59. The Morgan fingerprint density at radius 2 is 2.24 bits per heavy atom. The van der Waals surface area contributed by atoms with Crippen LogP contribution in [0.5, 0.6) is 0 Å². The lowest BCUT2D eigenvalue weighted by atomic mass is 9.84. The summed E-state index contributed by atoms with van der Waals surface area (Å²) in [4.78, 5) is 14.3. The monoisotopic (exact) mass is 339 g/mol. The van der Waals surface area contributed by atoms with Crippen LogP contribution in [0.15, 0.2) is 24.3 Å². The van der Waals surface area contributed by atoms with Gasteiger partial charge in [-0.1, -0.05) is 12.1 Å². The summed E-state index contributed by atoms with van der Waals surface area (Å²) < 4.78 is 6.00. The predicted molar refractivity (Wildman–Crippen MR) is 93.5 cm³/mol. The normalized spacial score (nSPS) is 29.0. The van der Waals surface area contributed by atoms with Crippen LogP contribution >= 0.6 is 0 Å². The molecule has 5 nitrogen and oxygen atoms in total. The Morgan fingerprint density at radius 3 is 3.04 bits per heavy atom. The molecule has 25 heavy (non-hydrogen) atoms. The summed E-state index contributed by atoms with van der Waals surface area (Å²) in [7, 11) is 0. The molecule has 0 unspecified atom stereocenters. The fraction of sp³-hybridized carbons (Fsp3) is 0.600. The summed E-state index contributed by atoms with van der Waals surface area (Å²) in [5, 5.41) is 12.1. The van der Waals surface area contributed by atoms with E-state index in [9.17, 15) is 4.79 Å². The van der Waals surface area contributed by atoms with Gasteiger partial charge >= 0.3 is 0 Å². The number of ether oxygens (including phenoxy) is 1. The van der Waals surface area contributed by atoms with E-state index in [0.717, 1.165) is 51.1 Å². The van der Waals surface area contributed by atoms with Gasteiger partial charge in [0.05, 0.1) is 24.3 Å². The van der Waals surface area contributed by atoms with Gasteiger partial charge in [-0.25, -0.2) is 0 Å². The van der Waals surface area contributed by atoms with E-state index in [2.05, 4.69) is 22.4 Å². The van der Waals surface area contributed by atoms with Crippen LogP contribution < -0.4 is 5.32 Å². The van der Waals surface area contributed by atoms with E-state index < -0.39 is 0 Å². The van der Waals surface area contributed by atoms with E-state index in [-0.39, 0.29) is 17.9 Å². The Kier molecular flexibility index (Phi) is 4.74. The number of nitrogens with zero attached hydrogens (tertiary/aromatic N) is 2. The van der Waals surface area contributed by atoms with Crippen LogP contribution in [0.2, 0.25) is 0 Å². The molecule has 2 saturated heterocycles. The van der Waals surface area contributed by atoms with Gasteiger partial charge in [0.2, 0.25) is 5.91 Å². The Hall–Kier alpha value is -1.90. The number of hydrogen-bond acceptors (Lipinski definition) is 4. The molecular weight excluding hydrogens is 314 g/mol. The number of amides is 1. The first-order valence-corrected chi connectivity index (χ1v) is 9.33. The van der Waals surface area contributed by atoms with Crippen molar-refractivity contribution in [3.05, 3.63) is 35.4 Å². The molecule has 2 aliphatic heterocycles. The van der Waals surface area contributed by atoms with Crippen LogP contribution in [-0.2, 0) is 16.1 Å². The number of rotatable bonds is 5. The number of fused-ring (bicyclic) bond motifs is 1. The van der Waals surface area contributed by atoms with Crippen LogP contribution in [0.4, 0.5) is 0 Å². The Balaban J connectivity index is 1.29. The van der Waals surface area contributed by atoms with E-state index in [1.165, 1.54) is 5.56 Å². The lowest BCUT2D eigenvalue weighted by molar-refractivity contribution is -0.122. The highest BCUT2D eigenvalue weighted by molar-refractivity contribution is 5.80. The van der Waals surface area contributed by atoms with Crippen LogP contribution in [0.3, 0.4) is 0 Å². The van der Waals surface area contributed by atoms with Gasteiger partial charge in [0.15, 0.2) is 0 Å². The van der Waals surface area contributed by atoms with E-state index in [0.29, 0.717) is 18.4 Å². The van der Waals surface area contributed by atoms with Gasteiger partial charge < -0.3 is 10.1 Å². The number of nitrogens with one attached hydrogen (secondary N) is 1. The molecule has 3 atom stereocenters. The number of nitriles is 1. The number of piperidine rings is 1. The van der Waals surface area contributed by atoms with E-state index >= 15 is 0 Å². The minimum atomic E-state index is 0.178. The van der Waals surface area contributed by atoms with Crippen LogP contribution in [0, 0.1) is 29.1 Å². The molecular formula is C20H25N3O2. The summed E-state index contributed by atoms with van der Waals surface area (Å²) in [6.45, 7) is 4.44. The molecule has 1 amide bonds. The van der Waals surface area contributed by atoms with Gasteiger partial charge in [0, 0.05) is 31.5 Å². The Bertz CT molecular complexity index is 680. The third kappa shape index (κ3) is 3.86. The molecule has 1 aliphatic carbocycles. The maximum absolute atomic E-state index is 11.8. The molecule has 0 aromatic heterocycles. The molecule has 2 heterocycles. The van der Waals surface area contributed by atoms with Crippen molar-refractivity contribution in [2.24, 2.45) is 17.8 Å². The van der Waals surface area contributed by atoms with Gasteiger partial charge in [0.25, 0.3) is 0 Å². The molecule has 3 aliphatic rings. The number of carbonyl (C=O) groups excluding carboxylic acids is 1. The van der Waals surface area contributed by atoms with Gasteiger partial charge in [-0.15, -0.1) is 0 Å². The lowest BCUT2D eigenvalue weighted by Gasteiger charge is -2.35. The fourth-order valence-electron chi connectivity index (χ4n) is 4.20. The summed E-state index contributed by atoms with van der Waals surface area (Å²) in [6, 6.07) is 10.1. The van der Waals surface area contributed by atoms with Crippen molar-refractivity contribution in [2.45, 2.75) is 31.9 Å². The molecule has 1 aromatic carbocycles. The standard InChI is InChI=1S/C20H25N3O2/c21-9-14-2-1-3-15(8-14)11-23-7-6-18-17(12-23)13-25-19(18)10-22-20(24)16-4-5-16/h1-3,8,16-19H,4-7,10-13H2,(H,22,24)/t17-,18-,19+/m1/s1. The summed E-state index contributed by atoms with van der Waals surface area (Å²) in [5.41, 5.74) is 1.92. The largest absolute Gasteiger partial charge is 0.376 e. The van der Waals surface area contributed by atoms with E-state index in [4.69, 9.17) is 10.00 Å². The highest BCUT2D eigenvalue weighted by atomic mass is 16.5. The van der Waals surface area contributed by atoms with Crippen molar-refractivity contribution in [1.29, 1.82) is 5.26 Å². The highest BCUT2D eigenvalue weighted by Crippen LogP contribution is 2.35. The SMILES string of the molecule is N#Cc1cccc(CN2CC[C@@H]3[C@@H](CO[C@H]3CNC(=O)C3CC3)C2)c1. The van der Waals surface area contributed by atoms with E-state index in [1.54, 1.807) is 0 Å². The van der Waals surface area contributed by atoms with Crippen LogP contribution in [-0.4, -0.2) is 43.2 Å². The lowest BCUT2D eigenvalue weighted by Crippen LogP contribution is -2.43. The minimum absolute atomic E-state index is 0.178. The van der Waals surface area contributed by atoms with Gasteiger partial charge in [-0.05, 0) is 49.4 Å². The van der Waals surface area contributed by atoms with Crippen LogP contribution in [0.1, 0.15) is 30.4 Å². The zero-order chi connectivity index (χ0) is 17.2. The molecule has 3 fully saturated rings. The number of benzene rings is 1. The third-order valence-electron chi connectivity index (χ3n) is 5.77. The Morgan fingerprint density at radius 1 is 1.36 bits per heavy atom. The van der Waals surface area contributed by atoms with Gasteiger partial charge in [-0.3, -0.25) is 9.69 Å². The van der Waals surface area contributed by atoms with Crippen molar-refractivity contribution >= 4 is 5.91 Å². The number of carbonyl (C=O) groups is 1.